The van der Waals surface area contributed by atoms with E-state index in [1.54, 1.807) is 18.2 Å². The molecule has 0 aliphatic carbocycles. The molecular weight excluding hydrogens is 342 g/mol. The van der Waals surface area contributed by atoms with Crippen LogP contribution < -0.4 is 16.0 Å². The zero-order valence-corrected chi connectivity index (χ0v) is 14.3. The number of benzene rings is 2. The molecule has 1 aliphatic heterocycles. The van der Waals surface area contributed by atoms with Gasteiger partial charge in [-0.2, -0.15) is 0 Å². The number of amides is 2. The number of nitrogens with zero attached hydrogens (tertiary/aromatic N) is 1. The van der Waals surface area contributed by atoms with Crippen LogP contribution in [0.1, 0.15) is 20.7 Å². The second-order valence-electron chi connectivity index (χ2n) is 5.66. The van der Waals surface area contributed by atoms with Crippen molar-refractivity contribution in [1.82, 2.24) is 0 Å². The Hall–Kier alpha value is -2.57. The molecule has 1 heterocycles. The average Bonchev–Trinajstić information content (AvgIpc) is 2.62. The van der Waals surface area contributed by atoms with Crippen molar-refractivity contribution in [2.45, 2.75) is 0 Å². The van der Waals surface area contributed by atoms with E-state index >= 15 is 0 Å². The van der Waals surface area contributed by atoms with Gasteiger partial charge >= 0.3 is 0 Å². The Labute approximate surface area is 150 Å². The average molecular weight is 360 g/mol. The summed E-state index contributed by atoms with van der Waals surface area (Å²) in [5.74, 6) is -0.863. The van der Waals surface area contributed by atoms with E-state index in [-0.39, 0.29) is 16.5 Å². The maximum atomic E-state index is 12.4. The van der Waals surface area contributed by atoms with Crippen LogP contribution in [0.5, 0.6) is 0 Å². The Balaban J connectivity index is 1.68. The third-order valence-corrected chi connectivity index (χ3v) is 4.31. The first-order valence-electron chi connectivity index (χ1n) is 7.88. The number of nitrogens with one attached hydrogen (secondary N) is 1. The molecule has 130 valence electrons. The lowest BCUT2D eigenvalue weighted by Gasteiger charge is -2.28. The van der Waals surface area contributed by atoms with E-state index in [2.05, 4.69) is 10.2 Å². The zero-order valence-electron chi connectivity index (χ0n) is 13.5. The van der Waals surface area contributed by atoms with Crippen LogP contribution in [0.3, 0.4) is 0 Å². The lowest BCUT2D eigenvalue weighted by atomic mass is 10.1. The number of anilines is 2. The lowest BCUT2D eigenvalue weighted by molar-refractivity contribution is 0.0998. The fourth-order valence-corrected chi connectivity index (χ4v) is 2.91. The van der Waals surface area contributed by atoms with Crippen molar-refractivity contribution < 1.29 is 14.3 Å². The number of morpholine rings is 1. The predicted octanol–water partition coefficient (Wildman–Crippen LogP) is 2.53. The van der Waals surface area contributed by atoms with E-state index in [0.29, 0.717) is 24.5 Å². The highest BCUT2D eigenvalue weighted by Gasteiger charge is 2.13. The highest BCUT2D eigenvalue weighted by atomic mass is 35.5. The summed E-state index contributed by atoms with van der Waals surface area (Å²) in [5.41, 5.74) is 7.52. The highest BCUT2D eigenvalue weighted by molar-refractivity contribution is 6.34. The highest BCUT2D eigenvalue weighted by Crippen LogP contribution is 2.22. The Kier molecular flexibility index (Phi) is 5.21. The van der Waals surface area contributed by atoms with Crippen LogP contribution in [0.4, 0.5) is 11.4 Å². The molecule has 0 aromatic heterocycles. The summed E-state index contributed by atoms with van der Waals surface area (Å²) in [6.07, 6.45) is 0. The minimum atomic E-state index is -0.610. The monoisotopic (exact) mass is 359 g/mol. The normalized spacial score (nSPS) is 14.2. The number of primary amides is 1. The molecule has 6 nitrogen and oxygen atoms in total. The van der Waals surface area contributed by atoms with Gasteiger partial charge in [-0.1, -0.05) is 11.6 Å². The van der Waals surface area contributed by atoms with Crippen LogP contribution in [0.2, 0.25) is 5.02 Å². The summed E-state index contributed by atoms with van der Waals surface area (Å²) in [5, 5.41) is 2.96. The van der Waals surface area contributed by atoms with Gasteiger partial charge in [-0.3, -0.25) is 9.59 Å². The van der Waals surface area contributed by atoms with Gasteiger partial charge in [0.05, 0.1) is 23.8 Å². The molecule has 0 radical (unpaired) electrons. The van der Waals surface area contributed by atoms with E-state index < -0.39 is 5.91 Å². The molecule has 3 N–H and O–H groups in total. The number of hydrogen-bond acceptors (Lipinski definition) is 4. The Morgan fingerprint density at radius 2 is 1.76 bits per heavy atom. The second kappa shape index (κ2) is 7.55. The maximum absolute atomic E-state index is 12.4. The predicted molar refractivity (Wildman–Crippen MR) is 97.4 cm³/mol. The Bertz CT molecular complexity index is 787. The molecular formula is C18H18ClN3O3. The second-order valence-corrected chi connectivity index (χ2v) is 6.07. The summed E-state index contributed by atoms with van der Waals surface area (Å²) >= 11 is 5.99. The maximum Gasteiger partial charge on any atom is 0.255 e. The SMILES string of the molecule is NC(=O)c1ccc(NC(=O)c2ccc(N3CCOCC3)cc2)cc1Cl. The van der Waals surface area contributed by atoms with Gasteiger partial charge in [-0.15, -0.1) is 0 Å². The van der Waals surface area contributed by atoms with Crippen LogP contribution in [-0.4, -0.2) is 38.1 Å². The molecule has 1 saturated heterocycles. The summed E-state index contributed by atoms with van der Waals surface area (Å²) < 4.78 is 5.34. The number of hydrogen-bond donors (Lipinski definition) is 2. The topological polar surface area (TPSA) is 84.7 Å². The van der Waals surface area contributed by atoms with Gasteiger partial charge in [0, 0.05) is 30.0 Å². The van der Waals surface area contributed by atoms with Crippen molar-refractivity contribution in [2.24, 2.45) is 5.73 Å². The third-order valence-electron chi connectivity index (χ3n) is 4.00. The molecule has 1 fully saturated rings. The Morgan fingerprint density at radius 3 is 2.36 bits per heavy atom. The quantitative estimate of drug-likeness (QED) is 0.878. The first-order valence-corrected chi connectivity index (χ1v) is 8.26. The molecule has 3 rings (SSSR count). The fourth-order valence-electron chi connectivity index (χ4n) is 2.64. The summed E-state index contributed by atoms with van der Waals surface area (Å²) in [7, 11) is 0. The molecule has 2 amide bonds. The minimum absolute atomic E-state index is 0.202. The van der Waals surface area contributed by atoms with Crippen LogP contribution in [0.15, 0.2) is 42.5 Å². The number of nitrogens with two attached hydrogens (primary N) is 1. The molecule has 1 aliphatic rings. The molecule has 0 unspecified atom stereocenters. The summed E-state index contributed by atoms with van der Waals surface area (Å²) in [4.78, 5) is 25.7. The van der Waals surface area contributed by atoms with Gasteiger partial charge in [0.2, 0.25) is 5.91 Å². The molecule has 7 heteroatoms. The van der Waals surface area contributed by atoms with Crippen molar-refractivity contribution in [3.63, 3.8) is 0 Å². The molecule has 0 spiro atoms. The molecule has 2 aromatic carbocycles. The minimum Gasteiger partial charge on any atom is -0.378 e. The van der Waals surface area contributed by atoms with Gasteiger partial charge in [-0.25, -0.2) is 0 Å². The molecule has 0 bridgehead atoms. The number of carbonyl (C=O) groups is 2. The van der Waals surface area contributed by atoms with Crippen molar-refractivity contribution in [3.8, 4) is 0 Å². The van der Waals surface area contributed by atoms with Gasteiger partial charge < -0.3 is 20.7 Å². The molecule has 25 heavy (non-hydrogen) atoms. The van der Waals surface area contributed by atoms with Crippen LogP contribution >= 0.6 is 11.6 Å². The van der Waals surface area contributed by atoms with Crippen LogP contribution in [-0.2, 0) is 4.74 Å². The number of rotatable bonds is 4. The lowest BCUT2D eigenvalue weighted by Crippen LogP contribution is -2.36. The van der Waals surface area contributed by atoms with Crippen LogP contribution in [0.25, 0.3) is 0 Å². The van der Waals surface area contributed by atoms with Gasteiger partial charge in [0.25, 0.3) is 5.91 Å². The molecule has 0 saturated carbocycles. The number of halogens is 1. The van der Waals surface area contributed by atoms with Crippen molar-refractivity contribution in [1.29, 1.82) is 0 Å². The largest absolute Gasteiger partial charge is 0.378 e. The van der Waals surface area contributed by atoms with Gasteiger partial charge in [-0.05, 0) is 42.5 Å². The third kappa shape index (κ3) is 4.10. The van der Waals surface area contributed by atoms with Crippen molar-refractivity contribution in [2.75, 3.05) is 36.5 Å². The van der Waals surface area contributed by atoms with E-state index in [4.69, 9.17) is 22.1 Å². The molecule has 0 atom stereocenters. The molecule has 2 aromatic rings. The summed E-state index contributed by atoms with van der Waals surface area (Å²) in [6.45, 7) is 3.11. The van der Waals surface area contributed by atoms with Gasteiger partial charge in [0.1, 0.15) is 0 Å². The van der Waals surface area contributed by atoms with Crippen molar-refractivity contribution >= 4 is 34.8 Å². The number of carbonyl (C=O) groups excluding carboxylic acids is 2. The smallest absolute Gasteiger partial charge is 0.255 e. The summed E-state index contributed by atoms with van der Waals surface area (Å²) in [6, 6.07) is 12.0. The first kappa shape index (κ1) is 17.3. The van der Waals surface area contributed by atoms with Crippen molar-refractivity contribution in [3.05, 3.63) is 58.6 Å². The standard InChI is InChI=1S/C18H18ClN3O3/c19-16-11-13(3-6-15(16)17(20)23)21-18(24)12-1-4-14(5-2-12)22-7-9-25-10-8-22/h1-6,11H,7-10H2,(H2,20,23)(H,21,24). The van der Waals surface area contributed by atoms with E-state index in [9.17, 15) is 9.59 Å². The zero-order chi connectivity index (χ0) is 17.8. The van der Waals surface area contributed by atoms with E-state index in [1.807, 2.05) is 12.1 Å². The Morgan fingerprint density at radius 1 is 1.08 bits per heavy atom. The van der Waals surface area contributed by atoms with Crippen LogP contribution in [0, 0.1) is 0 Å². The van der Waals surface area contributed by atoms with E-state index in [0.717, 1.165) is 18.8 Å². The fraction of sp³-hybridized carbons (Fsp3) is 0.222. The number of ether oxygens (including phenoxy) is 1. The van der Waals surface area contributed by atoms with Gasteiger partial charge in [0.15, 0.2) is 0 Å². The van der Waals surface area contributed by atoms with E-state index in [1.165, 1.54) is 12.1 Å². The first-order chi connectivity index (χ1) is 12.0.